The summed E-state index contributed by atoms with van der Waals surface area (Å²) in [5.74, 6) is 1.75. The minimum absolute atomic E-state index is 0.178. The molecular weight excluding hydrogens is 224 g/mol. The van der Waals surface area contributed by atoms with Gasteiger partial charge in [0.15, 0.2) is 0 Å². The second kappa shape index (κ2) is 4.45. The Morgan fingerprint density at radius 2 is 1.94 bits per heavy atom. The predicted octanol–water partition coefficient (Wildman–Crippen LogP) is 2.74. The van der Waals surface area contributed by atoms with E-state index < -0.39 is 0 Å². The van der Waals surface area contributed by atoms with Crippen molar-refractivity contribution in [2.24, 2.45) is 17.8 Å². The maximum atomic E-state index is 12.0. The molecule has 2 atom stereocenters. The lowest BCUT2D eigenvalue weighted by Gasteiger charge is -2.07. The Kier molecular flexibility index (Phi) is 2.79. The molecule has 2 aliphatic carbocycles. The first-order valence-corrected chi connectivity index (χ1v) is 6.56. The summed E-state index contributed by atoms with van der Waals surface area (Å²) in [6.07, 6.45) is 4.16. The standard InChI is InChI=1S/C15H16N2O/c16-9-8-10-4-6-11(7-5-10)17-15(18)14-12-2-1-3-13(12)14/h4-7,12-14H,1-3,8H2,(H,17,18). The van der Waals surface area contributed by atoms with E-state index in [1.165, 1.54) is 19.3 Å². The molecule has 2 aliphatic rings. The van der Waals surface area contributed by atoms with Gasteiger partial charge in [-0.25, -0.2) is 0 Å². The summed E-state index contributed by atoms with van der Waals surface area (Å²) in [7, 11) is 0. The number of carbonyl (C=O) groups is 1. The second-order valence-corrected chi connectivity index (χ2v) is 5.31. The summed E-state index contributed by atoms with van der Waals surface area (Å²) in [5.41, 5.74) is 1.82. The minimum Gasteiger partial charge on any atom is -0.326 e. The normalized spacial score (nSPS) is 28.3. The molecule has 1 N–H and O–H groups in total. The van der Waals surface area contributed by atoms with Gasteiger partial charge in [0.2, 0.25) is 5.91 Å². The molecular formula is C15H16N2O. The molecule has 0 heterocycles. The lowest BCUT2D eigenvalue weighted by Crippen LogP contribution is -2.16. The van der Waals surface area contributed by atoms with Crippen molar-refractivity contribution in [2.45, 2.75) is 25.7 Å². The summed E-state index contributed by atoms with van der Waals surface area (Å²) in [4.78, 5) is 12.0. The Labute approximate surface area is 107 Å². The largest absolute Gasteiger partial charge is 0.326 e. The van der Waals surface area contributed by atoms with Crippen LogP contribution in [0.1, 0.15) is 24.8 Å². The fourth-order valence-corrected chi connectivity index (χ4v) is 3.23. The maximum absolute atomic E-state index is 12.0. The third-order valence-corrected chi connectivity index (χ3v) is 4.21. The molecule has 2 saturated carbocycles. The topological polar surface area (TPSA) is 52.9 Å². The lowest BCUT2D eigenvalue weighted by atomic mass is 10.1. The van der Waals surface area contributed by atoms with Crippen molar-refractivity contribution in [2.75, 3.05) is 5.32 Å². The molecule has 3 heteroatoms. The second-order valence-electron chi connectivity index (χ2n) is 5.31. The van der Waals surface area contributed by atoms with Gasteiger partial charge in [-0.05, 0) is 42.4 Å². The molecule has 0 aliphatic heterocycles. The highest BCUT2D eigenvalue weighted by Gasteiger charge is 2.56. The van der Waals surface area contributed by atoms with Crippen LogP contribution in [0.2, 0.25) is 0 Å². The van der Waals surface area contributed by atoms with Gasteiger partial charge in [-0.3, -0.25) is 4.79 Å². The van der Waals surface area contributed by atoms with Crippen molar-refractivity contribution in [3.05, 3.63) is 29.8 Å². The molecule has 18 heavy (non-hydrogen) atoms. The molecule has 0 saturated heterocycles. The van der Waals surface area contributed by atoms with Gasteiger partial charge < -0.3 is 5.32 Å². The van der Waals surface area contributed by atoms with Gasteiger partial charge in [-0.1, -0.05) is 18.6 Å². The van der Waals surface area contributed by atoms with E-state index >= 15 is 0 Å². The number of rotatable bonds is 3. The van der Waals surface area contributed by atoms with Crippen LogP contribution in [0, 0.1) is 29.1 Å². The van der Waals surface area contributed by atoms with E-state index in [0.29, 0.717) is 18.3 Å². The summed E-state index contributed by atoms with van der Waals surface area (Å²) in [5, 5.41) is 11.6. The predicted molar refractivity (Wildman–Crippen MR) is 68.7 cm³/mol. The first-order valence-electron chi connectivity index (χ1n) is 6.56. The zero-order chi connectivity index (χ0) is 12.5. The molecule has 1 amide bonds. The number of anilines is 1. The van der Waals surface area contributed by atoms with Crippen molar-refractivity contribution < 1.29 is 4.79 Å². The molecule has 0 spiro atoms. The molecule has 0 radical (unpaired) electrons. The number of fused-ring (bicyclic) bond motifs is 1. The SMILES string of the molecule is N#CCc1ccc(NC(=O)C2C3CCCC32)cc1. The molecule has 0 bridgehead atoms. The number of carbonyl (C=O) groups excluding carboxylic acids is 1. The quantitative estimate of drug-likeness (QED) is 0.883. The van der Waals surface area contributed by atoms with Crippen LogP contribution in [-0.4, -0.2) is 5.91 Å². The fraction of sp³-hybridized carbons (Fsp3) is 0.467. The Morgan fingerprint density at radius 1 is 1.28 bits per heavy atom. The van der Waals surface area contributed by atoms with Gasteiger partial charge in [0.1, 0.15) is 0 Å². The van der Waals surface area contributed by atoms with Gasteiger partial charge in [0.25, 0.3) is 0 Å². The van der Waals surface area contributed by atoms with Crippen LogP contribution in [0.25, 0.3) is 0 Å². The highest BCUT2D eigenvalue weighted by atomic mass is 16.2. The van der Waals surface area contributed by atoms with Crippen molar-refractivity contribution in [1.82, 2.24) is 0 Å². The van der Waals surface area contributed by atoms with Crippen LogP contribution >= 0.6 is 0 Å². The van der Waals surface area contributed by atoms with Crippen molar-refractivity contribution in [3.8, 4) is 6.07 Å². The van der Waals surface area contributed by atoms with Crippen LogP contribution < -0.4 is 5.32 Å². The first-order chi connectivity index (χ1) is 8.79. The van der Waals surface area contributed by atoms with Crippen molar-refractivity contribution in [1.29, 1.82) is 5.26 Å². The average molecular weight is 240 g/mol. The third kappa shape index (κ3) is 1.99. The number of nitrogens with one attached hydrogen (secondary N) is 1. The number of hydrogen-bond donors (Lipinski definition) is 1. The Morgan fingerprint density at radius 3 is 2.56 bits per heavy atom. The monoisotopic (exact) mass is 240 g/mol. The maximum Gasteiger partial charge on any atom is 0.228 e. The zero-order valence-electron chi connectivity index (χ0n) is 10.2. The number of nitriles is 1. The number of nitrogens with zero attached hydrogens (tertiary/aromatic N) is 1. The summed E-state index contributed by atoms with van der Waals surface area (Å²) in [6.45, 7) is 0. The van der Waals surface area contributed by atoms with Crippen LogP contribution in [0.15, 0.2) is 24.3 Å². The molecule has 3 nitrogen and oxygen atoms in total. The summed E-state index contributed by atoms with van der Waals surface area (Å²) in [6, 6.07) is 9.66. The average Bonchev–Trinajstić information content (AvgIpc) is 2.86. The number of benzene rings is 1. The van der Waals surface area contributed by atoms with Crippen LogP contribution in [0.4, 0.5) is 5.69 Å². The molecule has 0 aromatic heterocycles. The molecule has 2 unspecified atom stereocenters. The molecule has 1 aromatic carbocycles. The number of hydrogen-bond acceptors (Lipinski definition) is 2. The van der Waals surface area contributed by atoms with Crippen molar-refractivity contribution >= 4 is 11.6 Å². The Balaban J connectivity index is 1.59. The fourth-order valence-electron chi connectivity index (χ4n) is 3.23. The Hall–Kier alpha value is -1.82. The van der Waals surface area contributed by atoms with Crippen LogP contribution in [0.3, 0.4) is 0 Å². The lowest BCUT2D eigenvalue weighted by molar-refractivity contribution is -0.118. The van der Waals surface area contributed by atoms with E-state index in [4.69, 9.17) is 5.26 Å². The first kappa shape index (κ1) is 11.3. The zero-order valence-corrected chi connectivity index (χ0v) is 10.2. The van der Waals surface area contributed by atoms with Gasteiger partial charge >= 0.3 is 0 Å². The van der Waals surface area contributed by atoms with E-state index in [0.717, 1.165) is 11.3 Å². The minimum atomic E-state index is 0.178. The molecule has 3 rings (SSSR count). The molecule has 2 fully saturated rings. The van der Waals surface area contributed by atoms with Crippen LogP contribution in [-0.2, 0) is 11.2 Å². The van der Waals surface area contributed by atoms with E-state index in [9.17, 15) is 4.79 Å². The highest BCUT2D eigenvalue weighted by Crippen LogP contribution is 2.57. The summed E-state index contributed by atoms with van der Waals surface area (Å²) >= 11 is 0. The van der Waals surface area contributed by atoms with E-state index in [1.54, 1.807) is 0 Å². The van der Waals surface area contributed by atoms with Gasteiger partial charge in [-0.15, -0.1) is 0 Å². The Bertz CT molecular complexity index is 490. The smallest absolute Gasteiger partial charge is 0.228 e. The van der Waals surface area contributed by atoms with Gasteiger partial charge in [-0.2, -0.15) is 5.26 Å². The molecule has 92 valence electrons. The van der Waals surface area contributed by atoms with E-state index in [2.05, 4.69) is 11.4 Å². The van der Waals surface area contributed by atoms with E-state index in [1.807, 2.05) is 24.3 Å². The van der Waals surface area contributed by atoms with Gasteiger partial charge in [0.05, 0.1) is 12.5 Å². The number of amides is 1. The van der Waals surface area contributed by atoms with E-state index in [-0.39, 0.29) is 11.8 Å². The third-order valence-electron chi connectivity index (χ3n) is 4.21. The molecule has 1 aromatic rings. The van der Waals surface area contributed by atoms with Gasteiger partial charge in [0, 0.05) is 11.6 Å². The highest BCUT2D eigenvalue weighted by molar-refractivity contribution is 5.95. The summed E-state index contributed by atoms with van der Waals surface area (Å²) < 4.78 is 0. The van der Waals surface area contributed by atoms with Crippen molar-refractivity contribution in [3.63, 3.8) is 0 Å². The van der Waals surface area contributed by atoms with Crippen LogP contribution in [0.5, 0.6) is 0 Å².